The van der Waals surface area contributed by atoms with Crippen LogP contribution in [-0.4, -0.2) is 23.8 Å². The van der Waals surface area contributed by atoms with E-state index in [0.29, 0.717) is 0 Å². The number of imidazole rings is 1. The molecule has 0 radical (unpaired) electrons. The van der Waals surface area contributed by atoms with Crippen LogP contribution < -0.4 is 14.8 Å². The van der Waals surface area contributed by atoms with E-state index < -0.39 is 0 Å². The molecule has 2 rings (SSSR count). The first-order chi connectivity index (χ1) is 9.65. The van der Waals surface area contributed by atoms with Crippen LogP contribution in [0.1, 0.15) is 11.3 Å². The van der Waals surface area contributed by atoms with Crippen molar-refractivity contribution < 1.29 is 9.47 Å². The minimum absolute atomic E-state index is 0.717. The Labute approximate surface area is 127 Å². The molecule has 0 unspecified atom stereocenters. The fraction of sp³-hybridized carbons (Fsp3) is 0.357. The predicted octanol–water partition coefficient (Wildman–Crippen LogP) is 2.49. The topological polar surface area (TPSA) is 48.3 Å². The summed E-state index contributed by atoms with van der Waals surface area (Å²) in [5.74, 6) is 1.45. The Morgan fingerprint density at radius 1 is 1.20 bits per heavy atom. The molecule has 2 aromatic rings. The molecule has 5 nitrogen and oxygen atoms in total. The van der Waals surface area contributed by atoms with Crippen LogP contribution in [0.5, 0.6) is 11.5 Å². The van der Waals surface area contributed by atoms with Gasteiger partial charge in [-0.25, -0.2) is 4.98 Å². The molecule has 0 atom stereocenters. The van der Waals surface area contributed by atoms with E-state index >= 15 is 0 Å². The first kappa shape index (κ1) is 14.9. The summed E-state index contributed by atoms with van der Waals surface area (Å²) in [6.45, 7) is 1.49. The largest absolute Gasteiger partial charge is 0.493 e. The van der Waals surface area contributed by atoms with Crippen molar-refractivity contribution >= 4 is 15.9 Å². The monoisotopic (exact) mass is 339 g/mol. The Morgan fingerprint density at radius 3 is 2.50 bits per heavy atom. The number of nitrogens with one attached hydrogen (secondary N) is 1. The lowest BCUT2D eigenvalue weighted by molar-refractivity contribution is 0.354. The number of ether oxygens (including phenoxy) is 2. The van der Waals surface area contributed by atoms with Gasteiger partial charge >= 0.3 is 0 Å². The summed E-state index contributed by atoms with van der Waals surface area (Å²) in [4.78, 5) is 4.09. The summed E-state index contributed by atoms with van der Waals surface area (Å²) in [7, 11) is 5.25. The SMILES string of the molecule is COc1cc(Br)c(CNCc2cncn2C)cc1OC. The Balaban J connectivity index is 2.04. The highest BCUT2D eigenvalue weighted by Crippen LogP contribution is 2.33. The van der Waals surface area contributed by atoms with Crippen molar-refractivity contribution in [3.8, 4) is 11.5 Å². The lowest BCUT2D eigenvalue weighted by Gasteiger charge is -2.12. The number of hydrogen-bond acceptors (Lipinski definition) is 4. The van der Waals surface area contributed by atoms with Crippen LogP contribution in [0.25, 0.3) is 0 Å². The van der Waals surface area contributed by atoms with Crippen molar-refractivity contribution in [1.82, 2.24) is 14.9 Å². The number of aryl methyl sites for hydroxylation is 1. The molecule has 0 aliphatic heterocycles. The molecule has 0 aliphatic carbocycles. The number of aromatic nitrogens is 2. The number of nitrogens with zero attached hydrogens (tertiary/aromatic N) is 2. The van der Waals surface area contributed by atoms with Gasteiger partial charge in [-0.15, -0.1) is 0 Å². The van der Waals surface area contributed by atoms with Crippen LogP contribution in [0.15, 0.2) is 29.1 Å². The van der Waals surface area contributed by atoms with Gasteiger partial charge in [-0.2, -0.15) is 0 Å². The summed E-state index contributed by atoms with van der Waals surface area (Å²) in [6.07, 6.45) is 3.65. The van der Waals surface area contributed by atoms with E-state index in [0.717, 1.165) is 40.3 Å². The van der Waals surface area contributed by atoms with Crippen molar-refractivity contribution in [3.05, 3.63) is 40.4 Å². The van der Waals surface area contributed by atoms with Gasteiger partial charge in [0.15, 0.2) is 11.5 Å². The maximum atomic E-state index is 5.32. The smallest absolute Gasteiger partial charge is 0.161 e. The number of rotatable bonds is 6. The summed E-state index contributed by atoms with van der Waals surface area (Å²) in [5.41, 5.74) is 2.26. The normalized spacial score (nSPS) is 10.6. The van der Waals surface area contributed by atoms with Gasteiger partial charge in [0.2, 0.25) is 0 Å². The summed E-state index contributed by atoms with van der Waals surface area (Å²) in [5, 5.41) is 3.39. The molecule has 0 spiro atoms. The molecule has 0 amide bonds. The highest BCUT2D eigenvalue weighted by molar-refractivity contribution is 9.10. The van der Waals surface area contributed by atoms with Crippen LogP contribution in [-0.2, 0) is 20.1 Å². The van der Waals surface area contributed by atoms with Gasteiger partial charge in [-0.1, -0.05) is 15.9 Å². The van der Waals surface area contributed by atoms with Gasteiger partial charge in [-0.05, 0) is 17.7 Å². The minimum Gasteiger partial charge on any atom is -0.493 e. The molecule has 6 heteroatoms. The second kappa shape index (κ2) is 6.76. The molecule has 1 aromatic heterocycles. The first-order valence-electron chi connectivity index (χ1n) is 6.22. The van der Waals surface area contributed by atoms with Crippen molar-refractivity contribution in [2.24, 2.45) is 7.05 Å². The Bertz CT molecular complexity index is 584. The Kier molecular flexibility index (Phi) is 5.03. The van der Waals surface area contributed by atoms with Crippen molar-refractivity contribution in [3.63, 3.8) is 0 Å². The summed E-state index contributed by atoms with van der Waals surface area (Å²) >= 11 is 3.55. The third kappa shape index (κ3) is 3.32. The van der Waals surface area contributed by atoms with Crippen molar-refractivity contribution in [2.75, 3.05) is 14.2 Å². The van der Waals surface area contributed by atoms with Gasteiger partial charge < -0.3 is 19.4 Å². The molecular weight excluding hydrogens is 322 g/mol. The van der Waals surface area contributed by atoms with E-state index in [9.17, 15) is 0 Å². The third-order valence-electron chi connectivity index (χ3n) is 3.09. The summed E-state index contributed by atoms with van der Waals surface area (Å²) < 4.78 is 13.6. The van der Waals surface area contributed by atoms with Crippen LogP contribution in [0.3, 0.4) is 0 Å². The zero-order valence-corrected chi connectivity index (χ0v) is 13.4. The third-order valence-corrected chi connectivity index (χ3v) is 3.83. The van der Waals surface area contributed by atoms with Gasteiger partial charge in [0, 0.05) is 30.8 Å². The maximum absolute atomic E-state index is 5.32. The fourth-order valence-electron chi connectivity index (χ4n) is 1.91. The maximum Gasteiger partial charge on any atom is 0.161 e. The van der Waals surface area contributed by atoms with E-state index in [-0.39, 0.29) is 0 Å². The van der Waals surface area contributed by atoms with Gasteiger partial charge in [0.25, 0.3) is 0 Å². The van der Waals surface area contributed by atoms with Gasteiger partial charge in [0.05, 0.1) is 26.2 Å². The zero-order chi connectivity index (χ0) is 14.5. The lowest BCUT2D eigenvalue weighted by atomic mass is 10.2. The molecular formula is C14H18BrN3O2. The molecule has 0 saturated carbocycles. The zero-order valence-electron chi connectivity index (χ0n) is 11.8. The lowest BCUT2D eigenvalue weighted by Crippen LogP contribution is -2.15. The molecule has 0 bridgehead atoms. The van der Waals surface area contributed by atoms with Crippen LogP contribution in [0.4, 0.5) is 0 Å². The van der Waals surface area contributed by atoms with E-state index in [2.05, 4.69) is 26.2 Å². The Morgan fingerprint density at radius 2 is 1.90 bits per heavy atom. The van der Waals surface area contributed by atoms with Crippen LogP contribution in [0.2, 0.25) is 0 Å². The van der Waals surface area contributed by atoms with E-state index in [1.807, 2.05) is 29.9 Å². The minimum atomic E-state index is 0.717. The second-order valence-corrected chi connectivity index (χ2v) is 5.25. The molecule has 1 N–H and O–H groups in total. The fourth-order valence-corrected chi connectivity index (χ4v) is 2.37. The average molecular weight is 340 g/mol. The van der Waals surface area contributed by atoms with Crippen LogP contribution in [0, 0.1) is 0 Å². The van der Waals surface area contributed by atoms with E-state index in [1.54, 1.807) is 20.5 Å². The molecule has 20 heavy (non-hydrogen) atoms. The molecule has 108 valence electrons. The number of hydrogen-bond donors (Lipinski definition) is 1. The Hall–Kier alpha value is -1.53. The highest BCUT2D eigenvalue weighted by Gasteiger charge is 2.09. The van der Waals surface area contributed by atoms with Gasteiger partial charge in [-0.3, -0.25) is 0 Å². The van der Waals surface area contributed by atoms with Crippen molar-refractivity contribution in [1.29, 1.82) is 0 Å². The first-order valence-corrected chi connectivity index (χ1v) is 7.01. The number of methoxy groups -OCH3 is 2. The van der Waals surface area contributed by atoms with Gasteiger partial charge in [0.1, 0.15) is 0 Å². The van der Waals surface area contributed by atoms with Crippen molar-refractivity contribution in [2.45, 2.75) is 13.1 Å². The predicted molar refractivity (Wildman–Crippen MR) is 81.0 cm³/mol. The number of halogens is 1. The van der Waals surface area contributed by atoms with E-state index in [4.69, 9.17) is 9.47 Å². The molecule has 0 aliphatic rings. The molecule has 0 fully saturated rings. The average Bonchev–Trinajstić information content (AvgIpc) is 2.85. The quantitative estimate of drug-likeness (QED) is 0.878. The second-order valence-electron chi connectivity index (χ2n) is 4.40. The molecule has 1 heterocycles. The number of benzene rings is 1. The molecule has 0 saturated heterocycles. The highest BCUT2D eigenvalue weighted by atomic mass is 79.9. The standard InChI is InChI=1S/C14H18BrN3O2/c1-18-9-17-8-11(18)7-16-6-10-4-13(19-2)14(20-3)5-12(10)15/h4-5,8-9,16H,6-7H2,1-3H3. The van der Waals surface area contributed by atoms with Crippen LogP contribution >= 0.6 is 15.9 Å². The van der Waals surface area contributed by atoms with E-state index in [1.165, 1.54) is 0 Å². The summed E-state index contributed by atoms with van der Waals surface area (Å²) in [6, 6.07) is 3.89. The molecule has 1 aromatic carbocycles.